The maximum Gasteiger partial charge on any atom is 0.137 e. The van der Waals surface area contributed by atoms with Crippen LogP contribution >= 0.6 is 0 Å². The van der Waals surface area contributed by atoms with Crippen LogP contribution in [0.3, 0.4) is 0 Å². The minimum atomic E-state index is -1.54. The van der Waals surface area contributed by atoms with E-state index in [1.54, 1.807) is 6.07 Å². The molecule has 0 aliphatic rings. The van der Waals surface area contributed by atoms with Crippen LogP contribution in [0.5, 0.6) is 0 Å². The largest absolute Gasteiger partial charge is 0.557 e. The third-order valence-corrected chi connectivity index (χ3v) is 11.9. The van der Waals surface area contributed by atoms with Gasteiger partial charge in [-0.25, -0.2) is 0 Å². The van der Waals surface area contributed by atoms with Gasteiger partial charge in [-0.1, -0.05) is 131 Å². The molecule has 291 valence electrons. The van der Waals surface area contributed by atoms with Gasteiger partial charge in [0.1, 0.15) is 11.2 Å². The van der Waals surface area contributed by atoms with Crippen molar-refractivity contribution in [2.75, 3.05) is 0 Å². The van der Waals surface area contributed by atoms with E-state index in [1.165, 1.54) is 10.8 Å². The Morgan fingerprint density at radius 3 is 2.32 bits per heavy atom. The van der Waals surface area contributed by atoms with E-state index >= 15 is 0 Å². The molecule has 4 heterocycles. The first-order valence-corrected chi connectivity index (χ1v) is 22.9. The van der Waals surface area contributed by atoms with E-state index < -0.39 is 19.9 Å². The molecule has 5 aromatic carbocycles. The number of nitrogens with zero attached hydrogens (tertiary/aromatic N) is 3. The number of hydrogen-bond acceptors (Lipinski definition) is 4. The molecule has 5 nitrogen and oxygen atoms in total. The average molecular weight is 946 g/mol. The fraction of sp³-hybridized carbons (Fsp3) is 0.240. The van der Waals surface area contributed by atoms with Gasteiger partial charge >= 0.3 is 0 Å². The Hall–Kier alpha value is -5.07. The molecule has 0 spiro atoms. The number of furan rings is 2. The van der Waals surface area contributed by atoms with Gasteiger partial charge in [0.15, 0.2) is 0 Å². The standard InChI is InChI=1S/C32H25N2O2.C18H24NSi.Ir/c1-32(2,3)18-20-12-15-28-24(16-20)25(19-35-28)31-33-26-9-5-6-10-27(26)34(31)21-13-14-23-22-8-4-7-11-29(22)36-30(23)17-21;1-14(2)11-16-12-17(15-9-7-6-8-10-15)19-13-18(16)20(3,4)5;/h4-17H,18H2,1-3H3;6-9,12-14H,11H2,1-5H3;/q2*-1;/i18D2;;. The van der Waals surface area contributed by atoms with Gasteiger partial charge in [-0.2, -0.15) is 0 Å². The molecule has 0 aliphatic heterocycles. The van der Waals surface area contributed by atoms with E-state index in [-0.39, 0.29) is 20.1 Å². The van der Waals surface area contributed by atoms with Crippen molar-refractivity contribution in [3.05, 3.63) is 145 Å². The summed E-state index contributed by atoms with van der Waals surface area (Å²) in [5, 5.41) is 4.41. The molecule has 9 aromatic rings. The van der Waals surface area contributed by atoms with E-state index in [4.69, 9.17) is 16.6 Å². The second-order valence-electron chi connectivity index (χ2n) is 17.1. The maximum absolute atomic E-state index is 8.80. The first-order chi connectivity index (χ1) is 27.6. The van der Waals surface area contributed by atoms with Crippen molar-refractivity contribution in [2.24, 2.45) is 11.3 Å². The van der Waals surface area contributed by atoms with Crippen LogP contribution in [0.2, 0.25) is 19.6 Å². The zero-order chi connectivity index (χ0) is 41.0. The summed E-state index contributed by atoms with van der Waals surface area (Å²) in [6.45, 7) is 17.5. The van der Waals surface area contributed by atoms with Crippen molar-refractivity contribution in [1.29, 1.82) is 0 Å². The van der Waals surface area contributed by atoms with Crippen LogP contribution < -0.4 is 5.19 Å². The zero-order valence-corrected chi connectivity index (χ0v) is 37.2. The van der Waals surface area contributed by atoms with Gasteiger partial charge in [0.25, 0.3) is 0 Å². The van der Waals surface area contributed by atoms with E-state index in [9.17, 15) is 0 Å². The van der Waals surface area contributed by atoms with Crippen LogP contribution in [0.4, 0.5) is 0 Å². The number of benzene rings is 5. The number of para-hydroxylation sites is 3. The van der Waals surface area contributed by atoms with E-state index in [0.717, 1.165) is 61.7 Å². The van der Waals surface area contributed by atoms with Crippen LogP contribution in [0.25, 0.3) is 72.3 Å². The normalized spacial score (nSPS) is 12.8. The molecule has 0 saturated carbocycles. The molecule has 0 saturated heterocycles. The number of pyridine rings is 1. The van der Waals surface area contributed by atoms with E-state index in [0.29, 0.717) is 28.5 Å². The Morgan fingerprint density at radius 1 is 0.807 bits per heavy atom. The quantitative estimate of drug-likeness (QED) is 0.118. The minimum absolute atomic E-state index is 0. The Bertz CT molecular complexity index is 2920. The summed E-state index contributed by atoms with van der Waals surface area (Å²) in [5.41, 5.74) is 9.29. The third kappa shape index (κ3) is 8.48. The van der Waals surface area contributed by atoms with Crippen molar-refractivity contribution in [3.63, 3.8) is 0 Å². The van der Waals surface area contributed by atoms with Crippen LogP contribution in [-0.2, 0) is 32.9 Å². The Balaban J connectivity index is 0.000000214. The zero-order valence-electron chi connectivity index (χ0n) is 35.8. The van der Waals surface area contributed by atoms with Crippen LogP contribution in [0.15, 0.2) is 130 Å². The van der Waals surface area contributed by atoms with E-state index in [1.807, 2.05) is 99.6 Å². The Morgan fingerprint density at radius 2 is 1.56 bits per heavy atom. The molecule has 0 unspecified atom stereocenters. The summed E-state index contributed by atoms with van der Waals surface area (Å²) in [7, 11) is -1.34. The molecule has 4 aromatic heterocycles. The number of aromatic nitrogens is 3. The smallest absolute Gasteiger partial charge is 0.137 e. The second kappa shape index (κ2) is 16.1. The Kier molecular flexibility index (Phi) is 10.6. The predicted octanol–water partition coefficient (Wildman–Crippen LogP) is 13.0. The molecule has 0 amide bonds. The third-order valence-electron chi connectivity index (χ3n) is 9.85. The molecule has 9 rings (SSSR count). The van der Waals surface area contributed by atoms with Crippen LogP contribution in [0, 0.1) is 23.7 Å². The first kappa shape index (κ1) is 37.5. The summed E-state index contributed by atoms with van der Waals surface area (Å²) in [6.07, 6.45) is 4.77. The van der Waals surface area contributed by atoms with Gasteiger partial charge in [0.2, 0.25) is 0 Å². The number of hydrogen-bond donors (Lipinski definition) is 0. The molecule has 0 N–H and O–H groups in total. The van der Waals surface area contributed by atoms with Gasteiger partial charge < -0.3 is 18.4 Å². The van der Waals surface area contributed by atoms with Gasteiger partial charge in [-0.15, -0.1) is 35.9 Å². The maximum atomic E-state index is 8.80. The van der Waals surface area contributed by atoms with Crippen molar-refractivity contribution < 1.29 is 31.7 Å². The Labute approximate surface area is 353 Å². The summed E-state index contributed by atoms with van der Waals surface area (Å²) in [4.78, 5) is 9.68. The molecular formula is C50H49IrN3O2Si-2. The fourth-order valence-corrected chi connectivity index (χ4v) is 9.03. The first-order valence-electron chi connectivity index (χ1n) is 20.4. The molecule has 0 atom stereocenters. The monoisotopic (exact) mass is 946 g/mol. The van der Waals surface area contributed by atoms with Gasteiger partial charge in [0, 0.05) is 63.4 Å². The van der Waals surface area contributed by atoms with E-state index in [2.05, 4.69) is 91.9 Å². The molecule has 57 heavy (non-hydrogen) atoms. The van der Waals surface area contributed by atoms with Gasteiger partial charge in [0.05, 0.1) is 24.9 Å². The summed E-state index contributed by atoms with van der Waals surface area (Å²) in [5.74, 6) is 1.34. The molecule has 1 radical (unpaired) electrons. The summed E-state index contributed by atoms with van der Waals surface area (Å²) < 4.78 is 31.7. The van der Waals surface area contributed by atoms with Crippen LogP contribution in [-0.4, -0.2) is 22.6 Å². The minimum Gasteiger partial charge on any atom is -0.557 e. The number of imidazole rings is 1. The topological polar surface area (TPSA) is 57.0 Å². The average Bonchev–Trinajstić information content (AvgIpc) is 3.90. The molecule has 0 aliphatic carbocycles. The molecular weight excluding hydrogens is 895 g/mol. The SMILES string of the molecule is CC(C)Cc1cc(-c2[c-]cccc2)ncc1[Si](C)(C)C.[2H]C([2H])(c1ccc2o[c-]c(-c3nc4ccccc4n3-c3ccc4c(c3)oc3ccccc34)c2c1)C(C)(C)C.[Ir]. The number of rotatable bonds is 7. The van der Waals surface area contributed by atoms with Crippen molar-refractivity contribution in [1.82, 2.24) is 14.5 Å². The van der Waals surface area contributed by atoms with Gasteiger partial charge in [-0.05, 0) is 65.3 Å². The summed E-state index contributed by atoms with van der Waals surface area (Å²) >= 11 is 0. The van der Waals surface area contributed by atoms with Crippen molar-refractivity contribution in [3.8, 4) is 28.3 Å². The second-order valence-corrected chi connectivity index (χ2v) is 22.1. The fourth-order valence-electron chi connectivity index (χ4n) is 7.44. The molecule has 0 fully saturated rings. The molecule has 7 heteroatoms. The van der Waals surface area contributed by atoms with Crippen molar-refractivity contribution >= 4 is 57.2 Å². The molecule has 0 bridgehead atoms. The van der Waals surface area contributed by atoms with Crippen LogP contribution in [0.1, 0.15) is 48.5 Å². The van der Waals surface area contributed by atoms with Gasteiger partial charge in [-0.3, -0.25) is 4.98 Å². The summed E-state index contributed by atoms with van der Waals surface area (Å²) in [6, 6.07) is 41.4. The number of fused-ring (bicyclic) bond motifs is 5. The van der Waals surface area contributed by atoms with Crippen molar-refractivity contribution in [2.45, 2.75) is 67.1 Å². The predicted molar refractivity (Wildman–Crippen MR) is 236 cm³/mol.